The molecule has 0 aliphatic heterocycles. The van der Waals surface area contributed by atoms with Crippen LogP contribution in [0, 0.1) is 0 Å². The van der Waals surface area contributed by atoms with Gasteiger partial charge in [-0.15, -0.1) is 0 Å². The van der Waals surface area contributed by atoms with E-state index in [0.29, 0.717) is 23.0 Å². The second-order valence-electron chi connectivity index (χ2n) is 4.36. The Morgan fingerprint density at radius 3 is 2.84 bits per heavy atom. The number of carbonyl (C=O) groups is 1. The van der Waals surface area contributed by atoms with Crippen LogP contribution in [0.5, 0.6) is 5.75 Å². The number of anilines is 1. The summed E-state index contributed by atoms with van der Waals surface area (Å²) in [5.41, 5.74) is 0.716. The maximum Gasteiger partial charge on any atom is 0.242 e. The van der Waals surface area contributed by atoms with Crippen molar-refractivity contribution in [1.29, 1.82) is 0 Å². The van der Waals surface area contributed by atoms with E-state index in [1.54, 1.807) is 25.3 Å². The molecule has 1 aromatic carbocycles. The number of rotatable bonds is 7. The van der Waals surface area contributed by atoms with E-state index in [-0.39, 0.29) is 11.9 Å². The molecule has 2 N–H and O–H groups in total. The topological polar surface area (TPSA) is 50.4 Å². The zero-order chi connectivity index (χ0) is 14.3. The lowest BCUT2D eigenvalue weighted by Gasteiger charge is -2.17. The van der Waals surface area contributed by atoms with E-state index < -0.39 is 0 Å². The Kier molecular flexibility index (Phi) is 6.50. The summed E-state index contributed by atoms with van der Waals surface area (Å²) >= 11 is 5.94. The third-order valence-electron chi connectivity index (χ3n) is 2.76. The van der Waals surface area contributed by atoms with Gasteiger partial charge in [0, 0.05) is 11.6 Å². The molecule has 1 aromatic rings. The van der Waals surface area contributed by atoms with Gasteiger partial charge >= 0.3 is 0 Å². The van der Waals surface area contributed by atoms with Crippen LogP contribution < -0.4 is 15.4 Å². The molecule has 0 aliphatic carbocycles. The molecule has 4 nitrogen and oxygen atoms in total. The van der Waals surface area contributed by atoms with E-state index in [2.05, 4.69) is 17.6 Å². The van der Waals surface area contributed by atoms with Gasteiger partial charge in [-0.1, -0.05) is 24.9 Å². The van der Waals surface area contributed by atoms with Gasteiger partial charge in [0.2, 0.25) is 5.91 Å². The molecule has 0 fully saturated rings. The molecule has 0 spiro atoms. The number of amides is 1. The molecular formula is C14H21ClN2O2. The highest BCUT2D eigenvalue weighted by molar-refractivity contribution is 6.30. The zero-order valence-electron chi connectivity index (χ0n) is 11.6. The first-order valence-electron chi connectivity index (χ1n) is 6.46. The fraction of sp³-hybridized carbons (Fsp3) is 0.500. The lowest BCUT2D eigenvalue weighted by atomic mass is 10.2. The summed E-state index contributed by atoms with van der Waals surface area (Å²) in [6.45, 7) is 4.60. The highest BCUT2D eigenvalue weighted by Crippen LogP contribution is 2.28. The zero-order valence-corrected chi connectivity index (χ0v) is 12.4. The molecule has 5 heteroatoms. The number of methoxy groups -OCH3 is 1. The number of carbonyl (C=O) groups excluding carboxylic acids is 1. The second kappa shape index (κ2) is 7.89. The molecule has 19 heavy (non-hydrogen) atoms. The summed E-state index contributed by atoms with van der Waals surface area (Å²) < 4.78 is 5.23. The van der Waals surface area contributed by atoms with Crippen molar-refractivity contribution in [3.63, 3.8) is 0 Å². The van der Waals surface area contributed by atoms with Crippen molar-refractivity contribution in [2.24, 2.45) is 0 Å². The number of halogens is 1. The largest absolute Gasteiger partial charge is 0.495 e. The Hall–Kier alpha value is -1.42. The summed E-state index contributed by atoms with van der Waals surface area (Å²) in [5, 5.41) is 6.59. The lowest BCUT2D eigenvalue weighted by molar-refractivity contribution is -0.121. The maximum atomic E-state index is 11.9. The molecular weight excluding hydrogens is 264 g/mol. The van der Waals surface area contributed by atoms with Gasteiger partial charge in [0.05, 0.1) is 12.8 Å². The Balaban J connectivity index is 2.62. The number of hydrogen-bond donors (Lipinski definition) is 2. The molecule has 0 radical (unpaired) electrons. The molecule has 0 aliphatic rings. The van der Waals surface area contributed by atoms with Gasteiger partial charge in [-0.2, -0.15) is 0 Å². The first-order chi connectivity index (χ1) is 9.08. The molecule has 1 amide bonds. The van der Waals surface area contributed by atoms with Gasteiger partial charge in [-0.3, -0.25) is 4.79 Å². The summed E-state index contributed by atoms with van der Waals surface area (Å²) in [4.78, 5) is 11.9. The molecule has 0 saturated carbocycles. The van der Waals surface area contributed by atoms with Crippen molar-refractivity contribution >= 4 is 23.2 Å². The average molecular weight is 285 g/mol. The molecule has 106 valence electrons. The van der Waals surface area contributed by atoms with Crippen LogP contribution in [-0.2, 0) is 4.79 Å². The molecule has 0 bridgehead atoms. The predicted molar refractivity (Wildman–Crippen MR) is 79.0 cm³/mol. The van der Waals surface area contributed by atoms with Crippen molar-refractivity contribution in [3.8, 4) is 5.75 Å². The lowest BCUT2D eigenvalue weighted by Crippen LogP contribution is -2.38. The van der Waals surface area contributed by atoms with Crippen LogP contribution in [0.1, 0.15) is 26.7 Å². The summed E-state index contributed by atoms with van der Waals surface area (Å²) in [5.74, 6) is 0.632. The van der Waals surface area contributed by atoms with Crippen molar-refractivity contribution in [2.75, 3.05) is 19.0 Å². The van der Waals surface area contributed by atoms with Gasteiger partial charge in [0.15, 0.2) is 0 Å². The van der Waals surface area contributed by atoms with Gasteiger partial charge in [0.25, 0.3) is 0 Å². The Morgan fingerprint density at radius 1 is 1.47 bits per heavy atom. The number of unbranched alkanes of at least 4 members (excludes halogenated alkanes) is 1. The molecule has 0 aromatic heterocycles. The van der Waals surface area contributed by atoms with E-state index >= 15 is 0 Å². The van der Waals surface area contributed by atoms with Crippen molar-refractivity contribution in [2.45, 2.75) is 32.7 Å². The smallest absolute Gasteiger partial charge is 0.242 e. The first-order valence-corrected chi connectivity index (χ1v) is 6.84. The maximum absolute atomic E-state index is 11.9. The van der Waals surface area contributed by atoms with Gasteiger partial charge in [-0.25, -0.2) is 0 Å². The highest BCUT2D eigenvalue weighted by Gasteiger charge is 2.14. The van der Waals surface area contributed by atoms with Gasteiger partial charge < -0.3 is 15.4 Å². The van der Waals surface area contributed by atoms with Crippen LogP contribution >= 0.6 is 11.6 Å². The quantitative estimate of drug-likeness (QED) is 0.757. The highest BCUT2D eigenvalue weighted by atomic mass is 35.5. The molecule has 1 atom stereocenters. The van der Waals surface area contributed by atoms with Crippen molar-refractivity contribution < 1.29 is 9.53 Å². The van der Waals surface area contributed by atoms with Crippen molar-refractivity contribution in [3.05, 3.63) is 23.2 Å². The van der Waals surface area contributed by atoms with Gasteiger partial charge in [0.1, 0.15) is 11.8 Å². The third-order valence-corrected chi connectivity index (χ3v) is 2.99. The minimum Gasteiger partial charge on any atom is -0.495 e. The van der Waals surface area contributed by atoms with E-state index in [9.17, 15) is 4.79 Å². The van der Waals surface area contributed by atoms with E-state index in [1.807, 2.05) is 6.92 Å². The van der Waals surface area contributed by atoms with Crippen LogP contribution in [-0.4, -0.2) is 25.6 Å². The Labute approximate surface area is 119 Å². The number of ether oxygens (including phenoxy) is 1. The summed E-state index contributed by atoms with van der Waals surface area (Å²) in [6.07, 6.45) is 2.04. The third kappa shape index (κ3) is 4.99. The standard InChI is InChI=1S/C14H21ClN2O2/c1-4-5-8-16-14(18)10(2)17-12-9-11(15)6-7-13(12)19-3/h6-7,9-10,17H,4-5,8H2,1-3H3,(H,16,18). The van der Waals surface area contributed by atoms with Crippen LogP contribution in [0.2, 0.25) is 5.02 Å². The normalized spacial score (nSPS) is 11.8. The van der Waals surface area contributed by atoms with Crippen molar-refractivity contribution in [1.82, 2.24) is 5.32 Å². The van der Waals surface area contributed by atoms with Crippen LogP contribution in [0.15, 0.2) is 18.2 Å². The Morgan fingerprint density at radius 2 is 2.21 bits per heavy atom. The van der Waals surface area contributed by atoms with E-state index in [0.717, 1.165) is 12.8 Å². The van der Waals surface area contributed by atoms with Crippen LogP contribution in [0.3, 0.4) is 0 Å². The molecule has 1 unspecified atom stereocenters. The van der Waals surface area contributed by atoms with E-state index in [1.165, 1.54) is 0 Å². The minimum atomic E-state index is -0.343. The molecule has 1 rings (SSSR count). The van der Waals surface area contributed by atoms with Crippen LogP contribution in [0.4, 0.5) is 5.69 Å². The second-order valence-corrected chi connectivity index (χ2v) is 4.79. The molecule has 0 heterocycles. The minimum absolute atomic E-state index is 0.0320. The predicted octanol–water partition coefficient (Wildman–Crippen LogP) is 3.07. The van der Waals surface area contributed by atoms with Gasteiger partial charge in [-0.05, 0) is 31.5 Å². The van der Waals surface area contributed by atoms with E-state index in [4.69, 9.17) is 16.3 Å². The molecule has 0 saturated heterocycles. The summed E-state index contributed by atoms with van der Waals surface area (Å²) in [6, 6.07) is 4.92. The summed E-state index contributed by atoms with van der Waals surface area (Å²) in [7, 11) is 1.58. The fourth-order valence-corrected chi connectivity index (χ4v) is 1.81. The number of hydrogen-bond acceptors (Lipinski definition) is 3. The number of benzene rings is 1. The SMILES string of the molecule is CCCCNC(=O)C(C)Nc1cc(Cl)ccc1OC. The average Bonchev–Trinajstić information content (AvgIpc) is 2.39. The van der Waals surface area contributed by atoms with Crippen LogP contribution in [0.25, 0.3) is 0 Å². The fourth-order valence-electron chi connectivity index (χ4n) is 1.63. The first kappa shape index (κ1) is 15.6. The monoisotopic (exact) mass is 284 g/mol. The number of nitrogens with one attached hydrogen (secondary N) is 2. The Bertz CT molecular complexity index is 424.